The van der Waals surface area contributed by atoms with Crippen molar-refractivity contribution in [3.05, 3.63) is 65.2 Å². The molecule has 2 aromatic carbocycles. The number of benzene rings is 2. The minimum Gasteiger partial charge on any atom is -0.309 e. The Morgan fingerprint density at radius 1 is 1.05 bits per heavy atom. The van der Waals surface area contributed by atoms with Crippen LogP contribution < -0.4 is 0 Å². The molecule has 20 heavy (non-hydrogen) atoms. The monoisotopic (exact) mass is 285 g/mol. The Labute approximate surface area is 126 Å². The molecule has 104 valence electrons. The molecule has 2 heteroatoms. The molecule has 0 spiro atoms. The van der Waals surface area contributed by atoms with Crippen LogP contribution in [-0.2, 0) is 0 Å². The first-order valence-corrected chi connectivity index (χ1v) is 7.21. The molecule has 0 saturated heterocycles. The van der Waals surface area contributed by atoms with Gasteiger partial charge >= 0.3 is 0 Å². The van der Waals surface area contributed by atoms with Gasteiger partial charge in [0.1, 0.15) is 0 Å². The first kappa shape index (κ1) is 14.8. The molecule has 2 aromatic rings. The minimum atomic E-state index is 0.772. The third kappa shape index (κ3) is 4.22. The van der Waals surface area contributed by atoms with Crippen molar-refractivity contribution in [2.45, 2.75) is 6.42 Å². The molecular weight excluding hydrogens is 266 g/mol. The third-order valence-electron chi connectivity index (χ3n) is 3.14. The second kappa shape index (κ2) is 7.28. The van der Waals surface area contributed by atoms with E-state index in [9.17, 15) is 0 Å². The average molecular weight is 286 g/mol. The summed E-state index contributed by atoms with van der Waals surface area (Å²) in [5, 5.41) is 0.772. The van der Waals surface area contributed by atoms with Crippen molar-refractivity contribution in [3.63, 3.8) is 0 Å². The summed E-state index contributed by atoms with van der Waals surface area (Å²) in [6.45, 7) is 1.06. The van der Waals surface area contributed by atoms with Crippen LogP contribution in [-0.4, -0.2) is 25.5 Å². The topological polar surface area (TPSA) is 3.24 Å². The van der Waals surface area contributed by atoms with Crippen LogP contribution in [0.5, 0.6) is 0 Å². The second-order valence-corrected chi connectivity index (χ2v) is 5.53. The molecule has 0 amide bonds. The average Bonchev–Trinajstić information content (AvgIpc) is 2.45. The van der Waals surface area contributed by atoms with Gasteiger partial charge in [-0.2, -0.15) is 0 Å². The molecule has 0 heterocycles. The standard InChI is InChI=1S/C18H20ClN/c1-20(2)13-7-6-10-16-11-12-17(19)14-18(16)15-8-4-3-5-9-15/h3-6,8-12,14H,7,13H2,1-2H3. The first-order valence-electron chi connectivity index (χ1n) is 6.83. The zero-order valence-corrected chi connectivity index (χ0v) is 12.8. The fourth-order valence-corrected chi connectivity index (χ4v) is 2.26. The molecule has 0 aliphatic heterocycles. The summed E-state index contributed by atoms with van der Waals surface area (Å²) < 4.78 is 0. The maximum Gasteiger partial charge on any atom is 0.0412 e. The lowest BCUT2D eigenvalue weighted by Crippen LogP contribution is -2.11. The van der Waals surface area contributed by atoms with E-state index >= 15 is 0 Å². The lowest BCUT2D eigenvalue weighted by Gasteiger charge is -2.08. The summed E-state index contributed by atoms with van der Waals surface area (Å²) in [7, 11) is 4.18. The molecular formula is C18H20ClN. The molecule has 1 nitrogen and oxygen atoms in total. The van der Waals surface area contributed by atoms with Crippen LogP contribution in [0, 0.1) is 0 Å². The van der Waals surface area contributed by atoms with E-state index in [1.165, 1.54) is 16.7 Å². The molecule has 0 atom stereocenters. The largest absolute Gasteiger partial charge is 0.309 e. The van der Waals surface area contributed by atoms with Gasteiger partial charge in [-0.3, -0.25) is 0 Å². The lowest BCUT2D eigenvalue weighted by atomic mass is 9.99. The van der Waals surface area contributed by atoms with Crippen LogP contribution in [0.25, 0.3) is 17.2 Å². The maximum atomic E-state index is 6.14. The number of rotatable bonds is 5. The molecule has 0 unspecified atom stereocenters. The van der Waals surface area contributed by atoms with Crippen molar-refractivity contribution >= 4 is 17.7 Å². The molecule has 0 bridgehead atoms. The van der Waals surface area contributed by atoms with Crippen molar-refractivity contribution in [1.82, 2.24) is 4.90 Å². The van der Waals surface area contributed by atoms with Crippen molar-refractivity contribution in [1.29, 1.82) is 0 Å². The Kier molecular flexibility index (Phi) is 5.40. The third-order valence-corrected chi connectivity index (χ3v) is 3.38. The summed E-state index contributed by atoms with van der Waals surface area (Å²) >= 11 is 6.14. The van der Waals surface area contributed by atoms with Gasteiger partial charge in [-0.05, 0) is 49.3 Å². The highest BCUT2D eigenvalue weighted by Gasteiger charge is 2.03. The Morgan fingerprint density at radius 3 is 2.50 bits per heavy atom. The highest BCUT2D eigenvalue weighted by molar-refractivity contribution is 6.31. The van der Waals surface area contributed by atoms with Gasteiger partial charge in [-0.1, -0.05) is 60.2 Å². The van der Waals surface area contributed by atoms with Gasteiger partial charge in [0, 0.05) is 11.6 Å². The SMILES string of the molecule is CN(C)CCC=Cc1ccc(Cl)cc1-c1ccccc1. The molecule has 0 fully saturated rings. The van der Waals surface area contributed by atoms with Gasteiger partial charge in [0.2, 0.25) is 0 Å². The summed E-state index contributed by atoms with van der Waals surface area (Å²) in [5.41, 5.74) is 3.58. The zero-order valence-electron chi connectivity index (χ0n) is 12.0. The van der Waals surface area contributed by atoms with Crippen LogP contribution in [0.1, 0.15) is 12.0 Å². The van der Waals surface area contributed by atoms with Gasteiger partial charge in [0.15, 0.2) is 0 Å². The molecule has 2 rings (SSSR count). The Hall–Kier alpha value is -1.57. The minimum absolute atomic E-state index is 0.772. The number of nitrogens with zero attached hydrogens (tertiary/aromatic N) is 1. The molecule has 0 aromatic heterocycles. The van der Waals surface area contributed by atoms with Gasteiger partial charge in [-0.25, -0.2) is 0 Å². The van der Waals surface area contributed by atoms with E-state index in [2.05, 4.69) is 61.5 Å². The molecule has 0 aliphatic carbocycles. The van der Waals surface area contributed by atoms with Crippen LogP contribution >= 0.6 is 11.6 Å². The smallest absolute Gasteiger partial charge is 0.0412 e. The van der Waals surface area contributed by atoms with E-state index in [0.29, 0.717) is 0 Å². The van der Waals surface area contributed by atoms with E-state index < -0.39 is 0 Å². The van der Waals surface area contributed by atoms with Crippen LogP contribution in [0.3, 0.4) is 0 Å². The van der Waals surface area contributed by atoms with Crippen LogP contribution in [0.15, 0.2) is 54.6 Å². The molecule has 0 N–H and O–H groups in total. The van der Waals surface area contributed by atoms with Crippen LogP contribution in [0.2, 0.25) is 5.02 Å². The predicted octanol–water partition coefficient (Wildman–Crippen LogP) is 4.97. The van der Waals surface area contributed by atoms with Crippen molar-refractivity contribution in [2.75, 3.05) is 20.6 Å². The van der Waals surface area contributed by atoms with E-state index in [0.717, 1.165) is 18.0 Å². The fourth-order valence-electron chi connectivity index (χ4n) is 2.08. The van der Waals surface area contributed by atoms with E-state index in [-0.39, 0.29) is 0 Å². The summed E-state index contributed by atoms with van der Waals surface area (Å²) in [4.78, 5) is 2.18. The van der Waals surface area contributed by atoms with Crippen molar-refractivity contribution in [3.8, 4) is 11.1 Å². The lowest BCUT2D eigenvalue weighted by molar-refractivity contribution is 0.417. The Balaban J connectivity index is 2.25. The molecule has 0 aliphatic rings. The zero-order chi connectivity index (χ0) is 14.4. The molecule has 0 saturated carbocycles. The highest BCUT2D eigenvalue weighted by Crippen LogP contribution is 2.27. The first-order chi connectivity index (χ1) is 9.66. The second-order valence-electron chi connectivity index (χ2n) is 5.09. The number of hydrogen-bond acceptors (Lipinski definition) is 1. The summed E-state index contributed by atoms with van der Waals surface area (Å²) in [6.07, 6.45) is 5.45. The van der Waals surface area contributed by atoms with Crippen LogP contribution in [0.4, 0.5) is 0 Å². The summed E-state index contributed by atoms with van der Waals surface area (Å²) in [5.74, 6) is 0. The van der Waals surface area contributed by atoms with Crippen molar-refractivity contribution < 1.29 is 0 Å². The van der Waals surface area contributed by atoms with Gasteiger partial charge in [0.25, 0.3) is 0 Å². The van der Waals surface area contributed by atoms with E-state index in [1.807, 2.05) is 18.2 Å². The predicted molar refractivity (Wildman–Crippen MR) is 89.1 cm³/mol. The van der Waals surface area contributed by atoms with Crippen molar-refractivity contribution in [2.24, 2.45) is 0 Å². The number of hydrogen-bond donors (Lipinski definition) is 0. The Morgan fingerprint density at radius 2 is 1.80 bits per heavy atom. The number of halogens is 1. The molecule has 0 radical (unpaired) electrons. The van der Waals surface area contributed by atoms with E-state index in [4.69, 9.17) is 11.6 Å². The van der Waals surface area contributed by atoms with E-state index in [1.54, 1.807) is 0 Å². The highest BCUT2D eigenvalue weighted by atomic mass is 35.5. The van der Waals surface area contributed by atoms with Gasteiger partial charge in [0.05, 0.1) is 0 Å². The summed E-state index contributed by atoms with van der Waals surface area (Å²) in [6, 6.07) is 16.4. The fraction of sp³-hybridized carbons (Fsp3) is 0.222. The normalized spacial score (nSPS) is 11.4. The quantitative estimate of drug-likeness (QED) is 0.749. The van der Waals surface area contributed by atoms with Gasteiger partial charge < -0.3 is 4.90 Å². The Bertz CT molecular complexity index is 573. The maximum absolute atomic E-state index is 6.14. The van der Waals surface area contributed by atoms with Gasteiger partial charge in [-0.15, -0.1) is 0 Å².